The zero-order valence-corrected chi connectivity index (χ0v) is 18.8. The molecule has 1 saturated heterocycles. The lowest BCUT2D eigenvalue weighted by Gasteiger charge is -2.34. The molecule has 4 rings (SSSR count). The first kappa shape index (κ1) is 20.8. The minimum Gasteiger partial charge on any atom is -0.331 e. The number of benzene rings is 1. The first-order chi connectivity index (χ1) is 13.9. The maximum absolute atomic E-state index is 13.2. The summed E-state index contributed by atoms with van der Waals surface area (Å²) >= 11 is 8.01. The topological polar surface area (TPSA) is 57.7 Å². The van der Waals surface area contributed by atoms with E-state index in [0.29, 0.717) is 25.2 Å². The van der Waals surface area contributed by atoms with E-state index in [1.165, 1.54) is 26.9 Å². The Labute approximate surface area is 181 Å². The van der Waals surface area contributed by atoms with Crippen molar-refractivity contribution in [2.24, 2.45) is 0 Å². The van der Waals surface area contributed by atoms with Crippen LogP contribution in [-0.4, -0.2) is 43.2 Å². The average Bonchev–Trinajstić information content (AvgIpc) is 3.01. The average molecular weight is 453 g/mol. The molecule has 0 aliphatic carbocycles. The number of hydrogen-bond donors (Lipinski definition) is 0. The smallest absolute Gasteiger partial charge is 0.254 e. The van der Waals surface area contributed by atoms with Crippen LogP contribution in [0.1, 0.15) is 59.4 Å². The number of hydrogen-bond acceptors (Lipinski definition) is 4. The highest BCUT2D eigenvalue weighted by molar-refractivity contribution is 7.89. The zero-order chi connectivity index (χ0) is 20.6. The minimum absolute atomic E-state index is 0.0288. The molecule has 2 aliphatic heterocycles. The molecule has 0 saturated carbocycles. The van der Waals surface area contributed by atoms with Crippen LogP contribution >= 0.6 is 22.9 Å². The van der Waals surface area contributed by atoms with Crippen LogP contribution in [0.3, 0.4) is 0 Å². The van der Waals surface area contributed by atoms with Gasteiger partial charge in [0.2, 0.25) is 10.0 Å². The quantitative estimate of drug-likeness (QED) is 0.676. The standard InChI is InChI=1S/C21H25ClN2O3S2/c1-15-17-9-13-28-19(17)8-12-24(15)21(25)16-6-7-18(22)20(14-16)29(26,27)23-10-4-2-3-5-11-23/h6-7,9,13-15H,2-5,8,10-12H2,1H3/t15-/m0/s1. The maximum Gasteiger partial charge on any atom is 0.254 e. The van der Waals surface area contributed by atoms with Crippen molar-refractivity contribution in [1.29, 1.82) is 0 Å². The lowest BCUT2D eigenvalue weighted by Crippen LogP contribution is -2.38. The van der Waals surface area contributed by atoms with Gasteiger partial charge in [0.15, 0.2) is 0 Å². The van der Waals surface area contributed by atoms with Crippen LogP contribution < -0.4 is 0 Å². The largest absolute Gasteiger partial charge is 0.331 e. The maximum atomic E-state index is 13.2. The van der Waals surface area contributed by atoms with Crippen molar-refractivity contribution in [3.05, 3.63) is 50.7 Å². The van der Waals surface area contributed by atoms with Gasteiger partial charge in [-0.2, -0.15) is 4.31 Å². The van der Waals surface area contributed by atoms with Crippen molar-refractivity contribution < 1.29 is 13.2 Å². The van der Waals surface area contributed by atoms with Gasteiger partial charge in [0, 0.05) is 30.1 Å². The molecule has 2 aliphatic rings. The Morgan fingerprint density at radius 1 is 1.10 bits per heavy atom. The van der Waals surface area contributed by atoms with Crippen LogP contribution in [0.2, 0.25) is 5.02 Å². The highest BCUT2D eigenvalue weighted by atomic mass is 35.5. The fraction of sp³-hybridized carbons (Fsp3) is 0.476. The van der Waals surface area contributed by atoms with Crippen molar-refractivity contribution in [3.63, 3.8) is 0 Å². The number of nitrogens with zero attached hydrogens (tertiary/aromatic N) is 2. The molecule has 156 valence electrons. The molecule has 0 radical (unpaired) electrons. The third-order valence-corrected chi connectivity index (χ3v) is 9.28. The minimum atomic E-state index is -3.72. The third-order valence-electron chi connectivity index (χ3n) is 5.90. The van der Waals surface area contributed by atoms with Crippen molar-refractivity contribution in [2.45, 2.75) is 50.0 Å². The first-order valence-corrected chi connectivity index (χ1v) is 12.8. The van der Waals surface area contributed by atoms with E-state index in [-0.39, 0.29) is 21.9 Å². The Balaban J connectivity index is 1.64. The predicted molar refractivity (Wildman–Crippen MR) is 116 cm³/mol. The summed E-state index contributed by atoms with van der Waals surface area (Å²) in [5.41, 5.74) is 1.55. The molecule has 0 bridgehead atoms. The summed E-state index contributed by atoms with van der Waals surface area (Å²) in [6.07, 6.45) is 4.61. The van der Waals surface area contributed by atoms with Crippen LogP contribution in [0.15, 0.2) is 34.5 Å². The Bertz CT molecular complexity index is 1010. The third kappa shape index (κ3) is 3.98. The molecular weight excluding hydrogens is 428 g/mol. The predicted octanol–water partition coefficient (Wildman–Crippen LogP) is 4.73. The van der Waals surface area contributed by atoms with Gasteiger partial charge in [0.25, 0.3) is 5.91 Å². The molecule has 0 N–H and O–H groups in total. The van der Waals surface area contributed by atoms with Gasteiger partial charge < -0.3 is 4.90 Å². The fourth-order valence-electron chi connectivity index (χ4n) is 4.21. The molecule has 1 amide bonds. The number of amides is 1. The number of fused-ring (bicyclic) bond motifs is 1. The summed E-state index contributed by atoms with van der Waals surface area (Å²) in [5, 5.41) is 2.22. The summed E-state index contributed by atoms with van der Waals surface area (Å²) in [6, 6.07) is 6.66. The second-order valence-electron chi connectivity index (χ2n) is 7.69. The summed E-state index contributed by atoms with van der Waals surface area (Å²) in [5.74, 6) is -0.154. The van der Waals surface area contributed by atoms with Gasteiger partial charge in [-0.3, -0.25) is 4.79 Å². The molecule has 1 aromatic heterocycles. The van der Waals surface area contributed by atoms with E-state index in [2.05, 4.69) is 11.4 Å². The van der Waals surface area contributed by atoms with Crippen molar-refractivity contribution >= 4 is 38.9 Å². The SMILES string of the molecule is C[C@H]1c2ccsc2CCN1C(=O)c1ccc(Cl)c(S(=O)(=O)N2CCCCCC2)c1. The van der Waals surface area contributed by atoms with Crippen LogP contribution in [0, 0.1) is 0 Å². The lowest BCUT2D eigenvalue weighted by molar-refractivity contribution is 0.0679. The van der Waals surface area contributed by atoms with E-state index in [1.807, 2.05) is 11.8 Å². The molecule has 2 aromatic rings. The molecule has 1 atom stereocenters. The Kier molecular flexibility index (Phi) is 6.02. The summed E-state index contributed by atoms with van der Waals surface area (Å²) < 4.78 is 28.0. The zero-order valence-electron chi connectivity index (χ0n) is 16.4. The normalized spacial score (nSPS) is 20.9. The Morgan fingerprint density at radius 2 is 1.83 bits per heavy atom. The second-order valence-corrected chi connectivity index (χ2v) is 11.0. The molecular formula is C21H25ClN2O3S2. The number of thiophene rings is 1. The highest BCUT2D eigenvalue weighted by Gasteiger charge is 2.32. The van der Waals surface area contributed by atoms with Gasteiger partial charge in [0.1, 0.15) is 4.90 Å². The number of rotatable bonds is 3. The summed E-state index contributed by atoms with van der Waals surface area (Å²) in [7, 11) is -3.72. The second kappa shape index (κ2) is 8.38. The monoisotopic (exact) mass is 452 g/mol. The van der Waals surface area contributed by atoms with Crippen molar-refractivity contribution in [3.8, 4) is 0 Å². The van der Waals surface area contributed by atoms with Gasteiger partial charge in [-0.1, -0.05) is 24.4 Å². The van der Waals surface area contributed by atoms with Gasteiger partial charge in [-0.15, -0.1) is 11.3 Å². The van der Waals surface area contributed by atoms with E-state index in [1.54, 1.807) is 17.4 Å². The Hall–Kier alpha value is -1.41. The van der Waals surface area contributed by atoms with E-state index in [9.17, 15) is 13.2 Å². The van der Waals surface area contributed by atoms with Crippen LogP contribution in [0.25, 0.3) is 0 Å². The molecule has 0 unspecified atom stereocenters. The molecule has 1 aromatic carbocycles. The number of carbonyl (C=O) groups excluding carboxylic acids is 1. The first-order valence-electron chi connectivity index (χ1n) is 10.1. The van der Waals surface area contributed by atoms with Crippen LogP contribution in [0.4, 0.5) is 0 Å². The van der Waals surface area contributed by atoms with Gasteiger partial charge in [0.05, 0.1) is 11.1 Å². The van der Waals surface area contributed by atoms with Gasteiger partial charge in [-0.25, -0.2) is 8.42 Å². The van der Waals surface area contributed by atoms with Crippen molar-refractivity contribution in [1.82, 2.24) is 9.21 Å². The number of halogens is 1. The van der Waals surface area contributed by atoms with Crippen molar-refractivity contribution in [2.75, 3.05) is 19.6 Å². The van der Waals surface area contributed by atoms with Crippen LogP contribution in [-0.2, 0) is 16.4 Å². The number of carbonyl (C=O) groups is 1. The van der Waals surface area contributed by atoms with Gasteiger partial charge in [-0.05, 0) is 61.4 Å². The highest BCUT2D eigenvalue weighted by Crippen LogP contribution is 2.34. The molecule has 5 nitrogen and oxygen atoms in total. The van der Waals surface area contributed by atoms with E-state index in [4.69, 9.17) is 11.6 Å². The summed E-state index contributed by atoms with van der Waals surface area (Å²) in [4.78, 5) is 16.4. The van der Waals surface area contributed by atoms with Gasteiger partial charge >= 0.3 is 0 Å². The van der Waals surface area contributed by atoms with E-state index >= 15 is 0 Å². The molecule has 3 heterocycles. The molecule has 1 fully saturated rings. The summed E-state index contributed by atoms with van der Waals surface area (Å²) in [6.45, 7) is 3.65. The molecule has 8 heteroatoms. The van der Waals surface area contributed by atoms with Crippen LogP contribution in [0.5, 0.6) is 0 Å². The lowest BCUT2D eigenvalue weighted by atomic mass is 10.0. The fourth-order valence-corrected chi connectivity index (χ4v) is 7.19. The molecule has 29 heavy (non-hydrogen) atoms. The van der Waals surface area contributed by atoms with E-state index < -0.39 is 10.0 Å². The number of sulfonamides is 1. The van der Waals surface area contributed by atoms with E-state index in [0.717, 1.165) is 32.1 Å². The Morgan fingerprint density at radius 3 is 2.55 bits per heavy atom. The molecule has 0 spiro atoms.